The number of piperidine rings is 2. The summed E-state index contributed by atoms with van der Waals surface area (Å²) >= 11 is 6.39. The molecule has 14 heteroatoms. The molecule has 7 heterocycles. The van der Waals surface area contributed by atoms with E-state index in [1.54, 1.807) is 12.1 Å². The number of carbonyl (C=O) groups excluding carboxylic acids is 5. The highest BCUT2D eigenvalue weighted by atomic mass is 35.5. The van der Waals surface area contributed by atoms with E-state index in [2.05, 4.69) is 53.7 Å². The van der Waals surface area contributed by atoms with Crippen LogP contribution in [0.3, 0.4) is 0 Å². The number of rotatable bonds is 6. The van der Waals surface area contributed by atoms with Crippen molar-refractivity contribution < 1.29 is 24.0 Å². The molecule has 0 radical (unpaired) electrons. The Morgan fingerprint density at radius 1 is 0.828 bits per heavy atom. The van der Waals surface area contributed by atoms with Gasteiger partial charge in [0, 0.05) is 104 Å². The van der Waals surface area contributed by atoms with Crippen molar-refractivity contribution in [3.8, 4) is 0 Å². The molecular formula is C44H45ClN8O5. The number of fused-ring (bicyclic) bond motifs is 3. The summed E-state index contributed by atoms with van der Waals surface area (Å²) in [5.74, 6) is -1.91. The smallest absolute Gasteiger partial charge is 0.262 e. The Hall–Kier alpha value is -5.45. The number of amides is 5. The number of nitrogens with zero attached hydrogens (tertiary/aromatic N) is 7. The Kier molecular flexibility index (Phi) is 8.80. The number of hydrogen-bond acceptors (Lipinski definition) is 9. The van der Waals surface area contributed by atoms with E-state index in [4.69, 9.17) is 18.2 Å². The normalized spacial score (nSPS) is 26.7. The molecule has 1 unspecified atom stereocenters. The van der Waals surface area contributed by atoms with Gasteiger partial charge in [-0.25, -0.2) is 4.85 Å². The van der Waals surface area contributed by atoms with Crippen LogP contribution in [0.4, 0.5) is 22.7 Å². The fraction of sp³-hybridized carbons (Fsp3) is 0.455. The SMILES string of the molecule is [C-]#[N+]c1ccc(N2CC3(CCN(c4ccc(C(=O)N5C[C@H]6C[C@@H]5CN6C5CN(c6ccc7c(c6)C(=O)N(C6CCC(=O)NC6=O)C7=O)C5)cc4)CC3)C[C@@H]2C)cc1Cl. The zero-order valence-electron chi connectivity index (χ0n) is 32.4. The van der Waals surface area contributed by atoms with E-state index in [0.29, 0.717) is 40.9 Å². The third-order valence-corrected chi connectivity index (χ3v) is 14.4. The van der Waals surface area contributed by atoms with Gasteiger partial charge in [0.25, 0.3) is 17.7 Å². The average Bonchev–Trinajstić information content (AvgIpc) is 3.96. The Morgan fingerprint density at radius 2 is 1.55 bits per heavy atom. The summed E-state index contributed by atoms with van der Waals surface area (Å²) in [6.07, 6.45) is 4.53. The first kappa shape index (κ1) is 36.9. The highest BCUT2D eigenvalue weighted by Crippen LogP contribution is 2.46. The third kappa shape index (κ3) is 6.02. The molecule has 3 aromatic carbocycles. The van der Waals surface area contributed by atoms with Crippen LogP contribution in [0.25, 0.3) is 4.85 Å². The number of anilines is 3. The van der Waals surface area contributed by atoms with Crippen molar-refractivity contribution in [3.05, 3.63) is 93.8 Å². The van der Waals surface area contributed by atoms with Gasteiger partial charge >= 0.3 is 0 Å². The summed E-state index contributed by atoms with van der Waals surface area (Å²) in [5.41, 5.74) is 5.16. The number of benzene rings is 3. The number of likely N-dealkylation sites (tertiary alicyclic amines) is 2. The second kappa shape index (κ2) is 13.8. The summed E-state index contributed by atoms with van der Waals surface area (Å²) in [7, 11) is 0. The molecule has 6 fully saturated rings. The number of halogens is 1. The molecule has 2 bridgehead atoms. The molecule has 0 saturated carbocycles. The molecule has 58 heavy (non-hydrogen) atoms. The lowest BCUT2D eigenvalue weighted by atomic mass is 9.76. The van der Waals surface area contributed by atoms with E-state index in [-0.39, 0.29) is 35.8 Å². The van der Waals surface area contributed by atoms with E-state index < -0.39 is 29.7 Å². The number of piperazine rings is 1. The van der Waals surface area contributed by atoms with Gasteiger partial charge in [0.1, 0.15) is 6.04 Å². The van der Waals surface area contributed by atoms with Crippen LogP contribution in [0.1, 0.15) is 76.5 Å². The van der Waals surface area contributed by atoms with Crippen LogP contribution in [-0.2, 0) is 9.59 Å². The van der Waals surface area contributed by atoms with Crippen LogP contribution in [0.15, 0.2) is 60.7 Å². The maximum absolute atomic E-state index is 13.8. The van der Waals surface area contributed by atoms with Crippen LogP contribution in [0, 0.1) is 12.0 Å². The fourth-order valence-corrected chi connectivity index (χ4v) is 11.2. The van der Waals surface area contributed by atoms with Crippen molar-refractivity contribution in [3.63, 3.8) is 0 Å². The van der Waals surface area contributed by atoms with Crippen molar-refractivity contribution in [1.82, 2.24) is 20.0 Å². The van der Waals surface area contributed by atoms with E-state index >= 15 is 0 Å². The molecule has 13 nitrogen and oxygen atoms in total. The second-order valence-electron chi connectivity index (χ2n) is 17.4. The van der Waals surface area contributed by atoms with E-state index in [0.717, 1.165) is 92.5 Å². The first-order valence-electron chi connectivity index (χ1n) is 20.5. The van der Waals surface area contributed by atoms with E-state index in [9.17, 15) is 24.0 Å². The minimum atomic E-state index is -0.981. The maximum Gasteiger partial charge on any atom is 0.262 e. The monoisotopic (exact) mass is 800 g/mol. The first-order chi connectivity index (χ1) is 28.0. The molecule has 6 saturated heterocycles. The minimum Gasteiger partial charge on any atom is -0.371 e. The van der Waals surface area contributed by atoms with Crippen molar-refractivity contribution in [2.75, 3.05) is 60.5 Å². The van der Waals surface area contributed by atoms with Gasteiger partial charge in [0.15, 0.2) is 0 Å². The van der Waals surface area contributed by atoms with Crippen molar-refractivity contribution in [1.29, 1.82) is 0 Å². The average molecular weight is 801 g/mol. The predicted octanol–water partition coefficient (Wildman–Crippen LogP) is 4.96. The largest absolute Gasteiger partial charge is 0.371 e. The molecular weight excluding hydrogens is 756 g/mol. The van der Waals surface area contributed by atoms with Gasteiger partial charge in [0.2, 0.25) is 17.5 Å². The predicted molar refractivity (Wildman–Crippen MR) is 219 cm³/mol. The molecule has 1 spiro atoms. The van der Waals surface area contributed by atoms with Crippen LogP contribution >= 0.6 is 11.6 Å². The second-order valence-corrected chi connectivity index (χ2v) is 17.8. The van der Waals surface area contributed by atoms with Crippen LogP contribution in [0.5, 0.6) is 0 Å². The number of hydrogen-bond donors (Lipinski definition) is 1. The molecule has 7 aliphatic rings. The van der Waals surface area contributed by atoms with Crippen LogP contribution in [-0.4, -0.2) is 120 Å². The van der Waals surface area contributed by atoms with Crippen molar-refractivity contribution in [2.45, 2.75) is 75.7 Å². The first-order valence-corrected chi connectivity index (χ1v) is 20.8. The molecule has 5 amide bonds. The molecule has 4 atom stereocenters. The van der Waals surface area contributed by atoms with Gasteiger partial charge < -0.3 is 19.6 Å². The number of carbonyl (C=O) groups is 5. The zero-order chi connectivity index (χ0) is 40.0. The van der Waals surface area contributed by atoms with Crippen LogP contribution in [0.2, 0.25) is 5.02 Å². The number of nitrogens with one attached hydrogen (secondary N) is 1. The summed E-state index contributed by atoms with van der Waals surface area (Å²) in [5, 5.41) is 2.75. The maximum atomic E-state index is 13.8. The van der Waals surface area contributed by atoms with Gasteiger partial charge in [-0.2, -0.15) is 0 Å². The molecule has 0 aliphatic carbocycles. The highest BCUT2D eigenvalue weighted by Gasteiger charge is 2.51. The molecule has 3 aromatic rings. The standard InChI is InChI=1S/C44H45ClN8O5/c1-26-20-44(25-52(26)30-8-10-37(46-2)36(45)19-30)13-15-48(16-14-44)28-5-3-27(4-6-28)41(56)51-24-31-17-32(51)23-50(31)33-21-49(22-33)29-7-9-34-35(18-29)43(58)53(42(34)57)38-11-12-39(54)47-40(38)55/h3-10,18-19,26,31-33,38H,11-17,20-25H2,1H3,(H,47,54,55)/t26-,31+,32+,38?/m0/s1. The topological polar surface area (TPSA) is 121 Å². The zero-order valence-corrected chi connectivity index (χ0v) is 33.2. The lowest BCUT2D eigenvalue weighted by Crippen LogP contribution is -2.63. The molecule has 0 aromatic heterocycles. The molecule has 7 aliphatic heterocycles. The lowest BCUT2D eigenvalue weighted by Gasteiger charge is -2.49. The Labute approximate surface area is 342 Å². The third-order valence-electron chi connectivity index (χ3n) is 14.1. The summed E-state index contributed by atoms with van der Waals surface area (Å²) in [6.45, 7) is 15.7. The van der Waals surface area contributed by atoms with Gasteiger partial charge in [-0.1, -0.05) is 17.7 Å². The fourth-order valence-electron chi connectivity index (χ4n) is 10.9. The summed E-state index contributed by atoms with van der Waals surface area (Å²) in [6, 6.07) is 19.5. The van der Waals surface area contributed by atoms with Crippen LogP contribution < -0.4 is 20.0 Å². The quantitative estimate of drug-likeness (QED) is 0.273. The highest BCUT2D eigenvalue weighted by molar-refractivity contribution is 6.33. The van der Waals surface area contributed by atoms with E-state index in [1.165, 1.54) is 0 Å². The van der Waals surface area contributed by atoms with Gasteiger partial charge in [-0.15, -0.1) is 0 Å². The minimum absolute atomic E-state index is 0.0866. The molecule has 298 valence electrons. The van der Waals surface area contributed by atoms with Gasteiger partial charge in [-0.05, 0) is 99.0 Å². The number of imide groups is 2. The van der Waals surface area contributed by atoms with E-state index in [1.807, 2.05) is 36.4 Å². The Morgan fingerprint density at radius 3 is 2.24 bits per heavy atom. The molecule has 10 rings (SSSR count). The lowest BCUT2D eigenvalue weighted by molar-refractivity contribution is -0.136. The molecule has 1 N–H and O–H groups in total. The Balaban J connectivity index is 0.711. The summed E-state index contributed by atoms with van der Waals surface area (Å²) < 4.78 is 0. The van der Waals surface area contributed by atoms with Crippen molar-refractivity contribution in [2.24, 2.45) is 5.41 Å². The Bertz CT molecular complexity index is 2300. The van der Waals surface area contributed by atoms with Gasteiger partial charge in [-0.3, -0.25) is 39.1 Å². The van der Waals surface area contributed by atoms with Crippen molar-refractivity contribution >= 4 is 63.9 Å². The van der Waals surface area contributed by atoms with Gasteiger partial charge in [0.05, 0.1) is 17.7 Å². The summed E-state index contributed by atoms with van der Waals surface area (Å²) in [4.78, 5) is 80.6.